The SMILES string of the molecule is COc1ccc(OC)c(P(C2CCCCC2)C2CCCCC2)c1-c1c(C(C)C)cc(C(C)C)cc1C(C)C.CS(=O)(=O)O. The minimum atomic E-state index is -3.67. The number of rotatable bonds is 9. The van der Waals surface area contributed by atoms with Crippen molar-refractivity contribution >= 4 is 23.3 Å². The molecule has 2 aromatic carbocycles. The van der Waals surface area contributed by atoms with E-state index in [0.29, 0.717) is 24.0 Å². The monoisotopic (exact) mass is 632 g/mol. The van der Waals surface area contributed by atoms with Gasteiger partial charge in [0.15, 0.2) is 0 Å². The molecule has 0 spiro atoms. The molecule has 242 valence electrons. The standard InChI is InChI=1S/C35H53O2P.CH4O3S/c1-23(2)26-21-29(24(3)4)33(30(22-26)25(5)6)34-31(36-7)19-20-32(37-8)35(34)38(27-15-11-9-12-16-27)28-17-13-10-14-18-28;1-5(2,3)4/h19-25,27-28H,9-18H2,1-8H3;1H3,(H,2,3,4). The van der Waals surface area contributed by atoms with Crippen molar-refractivity contribution in [1.82, 2.24) is 0 Å². The van der Waals surface area contributed by atoms with Crippen LogP contribution in [0.2, 0.25) is 0 Å². The molecule has 2 aliphatic carbocycles. The van der Waals surface area contributed by atoms with Crippen molar-refractivity contribution in [2.24, 2.45) is 0 Å². The van der Waals surface area contributed by atoms with Crippen LogP contribution in [0.3, 0.4) is 0 Å². The third-order valence-corrected chi connectivity index (χ3v) is 12.7. The summed E-state index contributed by atoms with van der Waals surface area (Å²) in [4.78, 5) is 0. The summed E-state index contributed by atoms with van der Waals surface area (Å²) in [5.74, 6) is 3.50. The van der Waals surface area contributed by atoms with Gasteiger partial charge in [0.25, 0.3) is 10.1 Å². The van der Waals surface area contributed by atoms with Gasteiger partial charge in [-0.1, -0.05) is 100 Å². The number of ether oxygens (including phenoxy) is 2. The van der Waals surface area contributed by atoms with Crippen molar-refractivity contribution in [3.05, 3.63) is 41.0 Å². The Morgan fingerprint density at radius 3 is 1.44 bits per heavy atom. The minimum absolute atomic E-state index is 0.373. The van der Waals surface area contributed by atoms with Crippen molar-refractivity contribution in [3.8, 4) is 22.6 Å². The van der Waals surface area contributed by atoms with Gasteiger partial charge in [-0.25, -0.2) is 0 Å². The van der Waals surface area contributed by atoms with E-state index < -0.39 is 10.1 Å². The molecule has 0 bridgehead atoms. The van der Waals surface area contributed by atoms with Gasteiger partial charge in [-0.3, -0.25) is 4.55 Å². The van der Waals surface area contributed by atoms with Gasteiger partial charge in [0.1, 0.15) is 11.5 Å². The first kappa shape index (κ1) is 35.9. The van der Waals surface area contributed by atoms with E-state index in [2.05, 4.69) is 65.8 Å². The Bertz CT molecular complexity index is 1230. The highest BCUT2D eigenvalue weighted by Gasteiger charge is 2.38. The molecule has 0 atom stereocenters. The van der Waals surface area contributed by atoms with E-state index in [1.807, 2.05) is 14.2 Å². The predicted octanol–water partition coefficient (Wildman–Crippen LogP) is 10.0. The highest BCUT2D eigenvalue weighted by Crippen LogP contribution is 2.59. The van der Waals surface area contributed by atoms with Crippen LogP contribution in [-0.4, -0.2) is 44.8 Å². The third kappa shape index (κ3) is 9.44. The van der Waals surface area contributed by atoms with Gasteiger partial charge in [0.2, 0.25) is 0 Å². The number of benzene rings is 2. The van der Waals surface area contributed by atoms with Crippen LogP contribution in [0.25, 0.3) is 11.1 Å². The van der Waals surface area contributed by atoms with Gasteiger partial charge in [-0.2, -0.15) is 8.42 Å². The van der Waals surface area contributed by atoms with Crippen molar-refractivity contribution in [2.75, 3.05) is 20.5 Å². The Kier molecular flexibility index (Phi) is 13.4. The lowest BCUT2D eigenvalue weighted by Gasteiger charge is -2.41. The van der Waals surface area contributed by atoms with Crippen LogP contribution < -0.4 is 14.8 Å². The zero-order valence-corrected chi connectivity index (χ0v) is 29.9. The lowest BCUT2D eigenvalue weighted by molar-refractivity contribution is 0.406. The molecule has 0 saturated heterocycles. The minimum Gasteiger partial charge on any atom is -0.496 e. The molecule has 43 heavy (non-hydrogen) atoms. The normalized spacial score (nSPS) is 17.0. The van der Waals surface area contributed by atoms with Gasteiger partial charge in [0.05, 0.1) is 20.5 Å². The molecule has 4 rings (SSSR count). The zero-order valence-electron chi connectivity index (χ0n) is 28.2. The molecule has 0 radical (unpaired) electrons. The van der Waals surface area contributed by atoms with E-state index in [-0.39, 0.29) is 7.92 Å². The Balaban J connectivity index is 0.000000934. The van der Waals surface area contributed by atoms with Crippen LogP contribution in [0.5, 0.6) is 11.5 Å². The molecular weight excluding hydrogens is 575 g/mol. The largest absolute Gasteiger partial charge is 0.496 e. The van der Waals surface area contributed by atoms with Gasteiger partial charge >= 0.3 is 0 Å². The van der Waals surface area contributed by atoms with E-state index in [4.69, 9.17) is 14.0 Å². The summed E-state index contributed by atoms with van der Waals surface area (Å²) >= 11 is 0. The summed E-state index contributed by atoms with van der Waals surface area (Å²) in [6.07, 6.45) is 14.6. The second kappa shape index (κ2) is 16.1. The molecule has 0 amide bonds. The summed E-state index contributed by atoms with van der Waals surface area (Å²) in [6.45, 7) is 14.1. The highest BCUT2D eigenvalue weighted by atomic mass is 32.2. The highest BCUT2D eigenvalue weighted by molar-refractivity contribution is 7.85. The fraction of sp³-hybridized carbons (Fsp3) is 0.667. The number of hydrogen-bond donors (Lipinski definition) is 1. The van der Waals surface area contributed by atoms with Crippen molar-refractivity contribution in [1.29, 1.82) is 0 Å². The maximum absolute atomic E-state index is 9.19. The van der Waals surface area contributed by atoms with Crippen LogP contribution in [0.15, 0.2) is 24.3 Å². The topological polar surface area (TPSA) is 72.8 Å². The van der Waals surface area contributed by atoms with Crippen LogP contribution in [-0.2, 0) is 10.1 Å². The lowest BCUT2D eigenvalue weighted by Crippen LogP contribution is -2.28. The molecule has 2 aliphatic rings. The second-order valence-electron chi connectivity index (χ2n) is 13.5. The average Bonchev–Trinajstić information content (AvgIpc) is 2.96. The first-order chi connectivity index (χ1) is 20.3. The maximum atomic E-state index is 9.19. The first-order valence-corrected chi connectivity index (χ1v) is 19.7. The summed E-state index contributed by atoms with van der Waals surface area (Å²) in [5.41, 5.74) is 8.76. The van der Waals surface area contributed by atoms with Crippen molar-refractivity contribution in [3.63, 3.8) is 0 Å². The van der Waals surface area contributed by atoms with Crippen LogP contribution in [0, 0.1) is 0 Å². The van der Waals surface area contributed by atoms with Gasteiger partial charge in [-0.15, -0.1) is 0 Å². The number of hydrogen-bond acceptors (Lipinski definition) is 4. The molecule has 7 heteroatoms. The average molecular weight is 633 g/mol. The molecule has 2 aromatic rings. The van der Waals surface area contributed by atoms with Crippen LogP contribution in [0.4, 0.5) is 0 Å². The Morgan fingerprint density at radius 2 is 1.09 bits per heavy atom. The van der Waals surface area contributed by atoms with Gasteiger partial charge in [-0.05, 0) is 89.1 Å². The van der Waals surface area contributed by atoms with Crippen molar-refractivity contribution < 1.29 is 22.4 Å². The summed E-state index contributed by atoms with van der Waals surface area (Å²) < 4.78 is 38.4. The molecule has 2 fully saturated rings. The summed E-state index contributed by atoms with van der Waals surface area (Å²) in [5, 5.41) is 1.52. The smallest absolute Gasteiger partial charge is 0.261 e. The van der Waals surface area contributed by atoms with Crippen molar-refractivity contribution in [2.45, 2.75) is 135 Å². The summed E-state index contributed by atoms with van der Waals surface area (Å²) in [7, 11) is -0.286. The fourth-order valence-electron chi connectivity index (χ4n) is 7.01. The molecule has 0 heterocycles. The molecule has 0 aliphatic heterocycles. The maximum Gasteiger partial charge on any atom is 0.261 e. The molecule has 0 aromatic heterocycles. The molecule has 0 unspecified atom stereocenters. The molecular formula is C36H57O5PS. The van der Waals surface area contributed by atoms with Gasteiger partial charge < -0.3 is 9.47 Å². The van der Waals surface area contributed by atoms with E-state index in [0.717, 1.165) is 22.8 Å². The second-order valence-corrected chi connectivity index (χ2v) is 17.6. The predicted molar refractivity (Wildman–Crippen MR) is 185 cm³/mol. The first-order valence-electron chi connectivity index (χ1n) is 16.4. The van der Waals surface area contributed by atoms with E-state index in [9.17, 15) is 8.42 Å². The third-order valence-electron chi connectivity index (χ3n) is 9.12. The van der Waals surface area contributed by atoms with E-state index in [1.165, 1.54) is 97.3 Å². The number of methoxy groups -OCH3 is 2. The Morgan fingerprint density at radius 1 is 0.698 bits per heavy atom. The van der Waals surface area contributed by atoms with Crippen LogP contribution in [0.1, 0.15) is 140 Å². The fourth-order valence-corrected chi connectivity index (χ4v) is 11.1. The van der Waals surface area contributed by atoms with Crippen LogP contribution >= 0.6 is 7.92 Å². The molecule has 2 saturated carbocycles. The van der Waals surface area contributed by atoms with E-state index >= 15 is 0 Å². The quantitative estimate of drug-likeness (QED) is 0.220. The Hall–Kier alpha value is -1.62. The summed E-state index contributed by atoms with van der Waals surface area (Å²) in [6, 6.07) is 9.40. The van der Waals surface area contributed by atoms with Gasteiger partial charge in [0, 0.05) is 10.9 Å². The molecule has 5 nitrogen and oxygen atoms in total. The zero-order chi connectivity index (χ0) is 31.9. The van der Waals surface area contributed by atoms with E-state index in [1.54, 1.807) is 0 Å². The molecule has 1 N–H and O–H groups in total. The lowest BCUT2D eigenvalue weighted by atomic mass is 9.81. The Labute approximate surface area is 264 Å².